The third-order valence-electron chi connectivity index (χ3n) is 3.27. The standard InChI is InChI=1S/C15H24N4/c1-3-4-5-6-7-8-13-9-11-14(12-10-13)15(16)19(2)18-17/h9-12,16-17H,3-8H2,1-2H3. The Bertz CT molecular complexity index is 397. The fourth-order valence-electron chi connectivity index (χ4n) is 2.00. The average molecular weight is 260 g/mol. The minimum absolute atomic E-state index is 0.254. The number of unbranched alkanes of at least 4 members (excludes halogenated alkanes) is 4. The Labute approximate surface area is 115 Å². The maximum absolute atomic E-state index is 7.83. The van der Waals surface area contributed by atoms with Gasteiger partial charge in [-0.3, -0.25) is 5.41 Å². The monoisotopic (exact) mass is 260 g/mol. The summed E-state index contributed by atoms with van der Waals surface area (Å²) in [5.41, 5.74) is 9.00. The van der Waals surface area contributed by atoms with Crippen LogP contribution in [0.2, 0.25) is 0 Å². The molecule has 2 N–H and O–H groups in total. The molecule has 0 bridgehead atoms. The third-order valence-corrected chi connectivity index (χ3v) is 3.27. The van der Waals surface area contributed by atoms with E-state index in [1.165, 1.54) is 42.7 Å². The van der Waals surface area contributed by atoms with E-state index in [0.717, 1.165) is 12.0 Å². The van der Waals surface area contributed by atoms with Gasteiger partial charge in [0.2, 0.25) is 0 Å². The van der Waals surface area contributed by atoms with Crippen molar-refractivity contribution >= 4 is 5.84 Å². The molecule has 1 rings (SSSR count). The van der Waals surface area contributed by atoms with Crippen LogP contribution in [-0.4, -0.2) is 17.9 Å². The highest BCUT2D eigenvalue weighted by atomic mass is 15.5. The first-order valence-corrected chi connectivity index (χ1v) is 6.98. The van der Waals surface area contributed by atoms with Crippen LogP contribution in [-0.2, 0) is 6.42 Å². The van der Waals surface area contributed by atoms with E-state index in [1.807, 2.05) is 12.1 Å². The highest BCUT2D eigenvalue weighted by Gasteiger charge is 2.05. The molecule has 104 valence electrons. The number of rotatable bonds is 8. The van der Waals surface area contributed by atoms with Gasteiger partial charge in [0, 0.05) is 12.6 Å². The van der Waals surface area contributed by atoms with Crippen LogP contribution in [0.25, 0.3) is 0 Å². The summed E-state index contributed by atoms with van der Waals surface area (Å²) in [5, 5.41) is 12.3. The van der Waals surface area contributed by atoms with Gasteiger partial charge in [0.15, 0.2) is 0 Å². The molecule has 1 aromatic rings. The Morgan fingerprint density at radius 3 is 2.32 bits per heavy atom. The molecule has 0 aliphatic carbocycles. The Hall–Kier alpha value is -1.71. The van der Waals surface area contributed by atoms with Crippen LogP contribution in [0.5, 0.6) is 0 Å². The van der Waals surface area contributed by atoms with Gasteiger partial charge in [-0.15, -0.1) is 0 Å². The van der Waals surface area contributed by atoms with Crippen molar-refractivity contribution in [3.05, 3.63) is 35.4 Å². The molecular formula is C15H24N4. The largest absolute Gasteiger partial charge is 0.283 e. The molecule has 4 nitrogen and oxygen atoms in total. The van der Waals surface area contributed by atoms with Crippen molar-refractivity contribution < 1.29 is 0 Å². The van der Waals surface area contributed by atoms with Crippen molar-refractivity contribution in [3.8, 4) is 0 Å². The highest BCUT2D eigenvalue weighted by molar-refractivity contribution is 5.95. The van der Waals surface area contributed by atoms with Gasteiger partial charge in [-0.2, -0.15) is 5.53 Å². The molecule has 19 heavy (non-hydrogen) atoms. The van der Waals surface area contributed by atoms with Crippen LogP contribution in [0.1, 0.15) is 50.2 Å². The number of aryl methyl sites for hydroxylation is 1. The smallest absolute Gasteiger partial charge is 0.149 e. The Morgan fingerprint density at radius 1 is 1.11 bits per heavy atom. The van der Waals surface area contributed by atoms with Crippen molar-refractivity contribution in [2.45, 2.75) is 45.4 Å². The van der Waals surface area contributed by atoms with E-state index in [2.05, 4.69) is 24.3 Å². The van der Waals surface area contributed by atoms with Crippen LogP contribution in [0, 0.1) is 10.9 Å². The van der Waals surface area contributed by atoms with Crippen LogP contribution >= 0.6 is 0 Å². The van der Waals surface area contributed by atoms with Crippen molar-refractivity contribution in [2.24, 2.45) is 5.22 Å². The predicted octanol–water partition coefficient (Wildman–Crippen LogP) is 4.40. The summed E-state index contributed by atoms with van der Waals surface area (Å²) in [4.78, 5) is 0. The lowest BCUT2D eigenvalue weighted by Crippen LogP contribution is -2.20. The van der Waals surface area contributed by atoms with Crippen molar-refractivity contribution in [1.29, 1.82) is 10.9 Å². The molecular weight excluding hydrogens is 236 g/mol. The second-order valence-electron chi connectivity index (χ2n) is 4.83. The Kier molecular flexibility index (Phi) is 6.79. The van der Waals surface area contributed by atoms with E-state index in [0.29, 0.717) is 0 Å². The molecule has 0 radical (unpaired) electrons. The lowest BCUT2D eigenvalue weighted by Gasteiger charge is -2.12. The average Bonchev–Trinajstić information content (AvgIpc) is 2.46. The molecule has 0 heterocycles. The number of benzene rings is 1. The first-order chi connectivity index (χ1) is 9.19. The summed E-state index contributed by atoms with van der Waals surface area (Å²) >= 11 is 0. The molecule has 0 amide bonds. The topological polar surface area (TPSA) is 63.3 Å². The van der Waals surface area contributed by atoms with E-state index in [-0.39, 0.29) is 5.84 Å². The minimum Gasteiger partial charge on any atom is -0.283 e. The van der Waals surface area contributed by atoms with Crippen LogP contribution in [0.15, 0.2) is 29.5 Å². The van der Waals surface area contributed by atoms with E-state index >= 15 is 0 Å². The van der Waals surface area contributed by atoms with Gasteiger partial charge in [0.25, 0.3) is 0 Å². The van der Waals surface area contributed by atoms with Crippen LogP contribution in [0.4, 0.5) is 0 Å². The molecule has 0 saturated heterocycles. The van der Waals surface area contributed by atoms with Gasteiger partial charge in [0.05, 0.1) is 0 Å². The fourth-order valence-corrected chi connectivity index (χ4v) is 2.00. The van der Waals surface area contributed by atoms with Gasteiger partial charge in [-0.25, -0.2) is 5.01 Å². The van der Waals surface area contributed by atoms with E-state index < -0.39 is 0 Å². The van der Waals surface area contributed by atoms with E-state index in [9.17, 15) is 0 Å². The second kappa shape index (κ2) is 8.40. The summed E-state index contributed by atoms with van der Waals surface area (Å²) in [6.07, 6.45) is 7.58. The SMILES string of the molecule is CCCCCCCc1ccc(C(=N)N(C)N=N)cc1. The Balaban J connectivity index is 2.43. The molecule has 0 spiro atoms. The van der Waals surface area contributed by atoms with Gasteiger partial charge in [-0.05, 0) is 18.4 Å². The highest BCUT2D eigenvalue weighted by Crippen LogP contribution is 2.11. The molecule has 0 unspecified atom stereocenters. The van der Waals surface area contributed by atoms with Gasteiger partial charge in [0.1, 0.15) is 5.84 Å². The fraction of sp³-hybridized carbons (Fsp3) is 0.533. The zero-order valence-corrected chi connectivity index (χ0v) is 11.9. The van der Waals surface area contributed by atoms with E-state index in [1.54, 1.807) is 7.05 Å². The van der Waals surface area contributed by atoms with Gasteiger partial charge < -0.3 is 0 Å². The quantitative estimate of drug-likeness (QED) is 0.235. The lowest BCUT2D eigenvalue weighted by atomic mass is 10.0. The third kappa shape index (κ3) is 5.20. The van der Waals surface area contributed by atoms with Crippen molar-refractivity contribution in [3.63, 3.8) is 0 Å². The molecule has 0 aliphatic heterocycles. The second-order valence-corrected chi connectivity index (χ2v) is 4.83. The zero-order chi connectivity index (χ0) is 14.1. The first kappa shape index (κ1) is 15.3. The number of amidine groups is 1. The van der Waals surface area contributed by atoms with Crippen molar-refractivity contribution in [2.75, 3.05) is 7.05 Å². The first-order valence-electron chi connectivity index (χ1n) is 6.98. The van der Waals surface area contributed by atoms with E-state index in [4.69, 9.17) is 10.9 Å². The maximum atomic E-state index is 7.83. The van der Waals surface area contributed by atoms with Crippen LogP contribution in [0.3, 0.4) is 0 Å². The molecule has 0 saturated carbocycles. The van der Waals surface area contributed by atoms with Crippen LogP contribution < -0.4 is 0 Å². The van der Waals surface area contributed by atoms with Gasteiger partial charge in [-0.1, -0.05) is 62.1 Å². The Morgan fingerprint density at radius 2 is 1.74 bits per heavy atom. The number of hydrogen-bond acceptors (Lipinski definition) is 3. The molecule has 0 aromatic heterocycles. The molecule has 0 aliphatic rings. The number of hydrogen-bond donors (Lipinski definition) is 2. The lowest BCUT2D eigenvalue weighted by molar-refractivity contribution is 0.486. The summed E-state index contributed by atoms with van der Waals surface area (Å²) in [5.74, 6) is 0.254. The molecule has 4 heteroatoms. The zero-order valence-electron chi connectivity index (χ0n) is 11.9. The number of nitrogens with one attached hydrogen (secondary N) is 2. The molecule has 0 fully saturated rings. The van der Waals surface area contributed by atoms with Gasteiger partial charge >= 0.3 is 0 Å². The summed E-state index contributed by atoms with van der Waals surface area (Å²) in [6, 6.07) is 8.01. The summed E-state index contributed by atoms with van der Waals surface area (Å²) in [6.45, 7) is 2.23. The normalized spacial score (nSPS) is 10.2. The predicted molar refractivity (Wildman–Crippen MR) is 78.6 cm³/mol. The maximum Gasteiger partial charge on any atom is 0.149 e. The number of nitrogens with zero attached hydrogens (tertiary/aromatic N) is 2. The molecule has 0 atom stereocenters. The van der Waals surface area contributed by atoms with Crippen molar-refractivity contribution in [1.82, 2.24) is 5.01 Å². The molecule has 1 aromatic carbocycles. The minimum atomic E-state index is 0.254. The summed E-state index contributed by atoms with van der Waals surface area (Å²) in [7, 11) is 1.61. The summed E-state index contributed by atoms with van der Waals surface area (Å²) < 4.78 is 0.